The van der Waals surface area contributed by atoms with Gasteiger partial charge in [0.25, 0.3) is 0 Å². The van der Waals surface area contributed by atoms with Gasteiger partial charge in [0.05, 0.1) is 127 Å². The van der Waals surface area contributed by atoms with E-state index in [9.17, 15) is 0 Å². The average molecular weight is 1290 g/mol. The third kappa shape index (κ3) is 61.3. The van der Waals surface area contributed by atoms with Crippen molar-refractivity contribution in [2.75, 3.05) is 251 Å². The first-order chi connectivity index (χ1) is 43.0. The molecule has 22 heteroatoms. The van der Waals surface area contributed by atoms with Crippen LogP contribution in [0.4, 0.5) is 0 Å². The molecular weight excluding hydrogens is 1140 g/mol. The Hall–Kier alpha value is -0.880. The molecule has 0 radical (unpaired) electrons. The summed E-state index contributed by atoms with van der Waals surface area (Å²) in [5.41, 5.74) is -1.24. The molecule has 0 aromatic rings. The monoisotopic (exact) mass is 1280 g/mol. The van der Waals surface area contributed by atoms with Crippen LogP contribution in [0.1, 0.15) is 159 Å². The number of unbranched alkanes of at least 4 members (excludes halogenated alkanes) is 4. The van der Waals surface area contributed by atoms with Crippen LogP contribution < -0.4 is 0 Å². The molecule has 0 aliphatic carbocycles. The third-order valence-electron chi connectivity index (χ3n) is 13.0. The maximum Gasteiger partial charge on any atom is 0.0637 e. The molecule has 536 valence electrons. The van der Waals surface area contributed by atoms with Crippen LogP contribution in [0, 0.1) is 21.7 Å². The fourth-order valence-electron chi connectivity index (χ4n) is 7.78. The standard InChI is InChI=1S/C18H38O7.C17H36O6.C16H34O5.C15H32O4/c1-2-3-10-22-14-18(15-23-11-4-7-19,16-24-12-5-8-20)17-25-13-6-9-21;1-3-5-10-21-14-17(13-20-4-2,15-22-11-6-8-18)16-23-12-7-9-19;1-4-7-10-20-14-16(12-18-5-2,13-19-6-3)15-21-11-8-9-17;1-5-9-10-19-14-15(11-16-6-2,12-17-7-3)13-18-8-4/h19-21H,2-17H2,1H3;18-19H,3-16H2,1-2H3;17H,4-15H2,1-3H3;5-14H2,1-4H3. The van der Waals surface area contributed by atoms with E-state index >= 15 is 0 Å². The smallest absolute Gasteiger partial charge is 0.0637 e. The van der Waals surface area contributed by atoms with Crippen LogP contribution in [0.25, 0.3) is 0 Å². The van der Waals surface area contributed by atoms with Gasteiger partial charge in [-0.25, -0.2) is 0 Å². The molecule has 0 aliphatic rings. The first-order valence-corrected chi connectivity index (χ1v) is 33.9. The zero-order chi connectivity index (χ0) is 66.1. The van der Waals surface area contributed by atoms with Crippen LogP contribution >= 0.6 is 0 Å². The highest BCUT2D eigenvalue weighted by atomic mass is 16.5. The van der Waals surface area contributed by atoms with Crippen molar-refractivity contribution in [3.8, 4) is 0 Å². The van der Waals surface area contributed by atoms with Crippen molar-refractivity contribution in [2.45, 2.75) is 159 Å². The number of hydrogen-bond acceptors (Lipinski definition) is 22. The minimum absolute atomic E-state index is 0.0972. The van der Waals surface area contributed by atoms with E-state index in [4.69, 9.17) is 106 Å². The number of hydrogen-bond donors (Lipinski definition) is 6. The summed E-state index contributed by atoms with van der Waals surface area (Å²) in [6.07, 6.45) is 12.3. The normalized spacial score (nSPS) is 12.0. The Balaban J connectivity index is -0.000000537. The fourth-order valence-corrected chi connectivity index (χ4v) is 7.78. The van der Waals surface area contributed by atoms with E-state index in [0.29, 0.717) is 230 Å². The van der Waals surface area contributed by atoms with Gasteiger partial charge < -0.3 is 106 Å². The summed E-state index contributed by atoms with van der Waals surface area (Å²) in [5, 5.41) is 53.2. The van der Waals surface area contributed by atoms with Gasteiger partial charge in [0, 0.05) is 145 Å². The van der Waals surface area contributed by atoms with Gasteiger partial charge in [0.15, 0.2) is 0 Å². The Morgan fingerprint density at radius 3 is 0.386 bits per heavy atom. The molecule has 0 heterocycles. The van der Waals surface area contributed by atoms with E-state index in [1.165, 1.54) is 0 Å². The molecule has 0 atom stereocenters. The molecule has 22 nitrogen and oxygen atoms in total. The van der Waals surface area contributed by atoms with Gasteiger partial charge in [-0.15, -0.1) is 0 Å². The van der Waals surface area contributed by atoms with Gasteiger partial charge in [-0.3, -0.25) is 0 Å². The first kappa shape index (κ1) is 93.5. The Labute approximate surface area is 536 Å². The Morgan fingerprint density at radius 2 is 0.284 bits per heavy atom. The van der Waals surface area contributed by atoms with Crippen molar-refractivity contribution in [3.05, 3.63) is 0 Å². The van der Waals surface area contributed by atoms with Crippen molar-refractivity contribution >= 4 is 0 Å². The number of aliphatic hydroxyl groups excluding tert-OH is 6. The zero-order valence-corrected chi connectivity index (χ0v) is 58.0. The van der Waals surface area contributed by atoms with Crippen molar-refractivity contribution < 1.29 is 106 Å². The molecule has 0 bridgehead atoms. The lowest BCUT2D eigenvalue weighted by atomic mass is 9.92. The molecule has 0 unspecified atom stereocenters. The predicted molar refractivity (Wildman–Crippen MR) is 347 cm³/mol. The lowest BCUT2D eigenvalue weighted by Gasteiger charge is -2.33. The highest BCUT2D eigenvalue weighted by Crippen LogP contribution is 2.25. The second-order valence-corrected chi connectivity index (χ2v) is 22.2. The molecule has 6 N–H and O–H groups in total. The molecular formula is C66H140O22. The first-order valence-electron chi connectivity index (χ1n) is 33.9. The lowest BCUT2D eigenvalue weighted by molar-refractivity contribution is -0.109. The highest BCUT2D eigenvalue weighted by molar-refractivity contribution is 4.82. The van der Waals surface area contributed by atoms with Crippen molar-refractivity contribution in [1.29, 1.82) is 0 Å². The maximum atomic E-state index is 8.90. The Morgan fingerprint density at radius 1 is 0.170 bits per heavy atom. The van der Waals surface area contributed by atoms with Gasteiger partial charge in [-0.05, 0) is 106 Å². The van der Waals surface area contributed by atoms with Crippen LogP contribution in [-0.4, -0.2) is 282 Å². The molecule has 0 saturated heterocycles. The van der Waals surface area contributed by atoms with Gasteiger partial charge in [0.2, 0.25) is 0 Å². The van der Waals surface area contributed by atoms with E-state index in [2.05, 4.69) is 27.7 Å². The number of aliphatic hydroxyl groups is 6. The largest absolute Gasteiger partial charge is 0.396 e. The van der Waals surface area contributed by atoms with Crippen molar-refractivity contribution in [2.24, 2.45) is 21.7 Å². The summed E-state index contributed by atoms with van der Waals surface area (Å²) in [6, 6.07) is 0. The van der Waals surface area contributed by atoms with Crippen LogP contribution in [0.5, 0.6) is 0 Å². The molecule has 0 aliphatic heterocycles. The molecule has 0 spiro atoms. The molecule has 0 saturated carbocycles. The highest BCUT2D eigenvalue weighted by Gasteiger charge is 2.35. The van der Waals surface area contributed by atoms with Gasteiger partial charge in [0.1, 0.15) is 0 Å². The summed E-state index contributed by atoms with van der Waals surface area (Å²) >= 11 is 0. The minimum Gasteiger partial charge on any atom is -0.396 e. The van der Waals surface area contributed by atoms with Gasteiger partial charge >= 0.3 is 0 Å². The summed E-state index contributed by atoms with van der Waals surface area (Å²) < 4.78 is 91.2. The maximum absolute atomic E-state index is 8.90. The molecule has 0 aromatic heterocycles. The summed E-state index contributed by atoms with van der Waals surface area (Å²) in [4.78, 5) is 0. The summed E-state index contributed by atoms with van der Waals surface area (Å²) in [6.45, 7) is 39.6. The summed E-state index contributed by atoms with van der Waals surface area (Å²) in [5.74, 6) is 0. The van der Waals surface area contributed by atoms with Gasteiger partial charge in [-0.1, -0.05) is 53.4 Å². The van der Waals surface area contributed by atoms with E-state index in [0.717, 1.165) is 71.2 Å². The average Bonchev–Trinajstić information content (AvgIpc) is 3.71. The van der Waals surface area contributed by atoms with Crippen LogP contribution in [0.2, 0.25) is 0 Å². The molecule has 0 rings (SSSR count). The molecule has 0 aromatic carbocycles. The SMILES string of the molecule is CCCCOCC(COCC)(COCC)COCC.CCCCOCC(COCC)(COCC)COCCCO.CCCCOCC(COCC)(COCCCO)COCCCO.CCCCOCC(COCCCO)(COCCCO)COCCCO. The van der Waals surface area contributed by atoms with E-state index in [-0.39, 0.29) is 55.9 Å². The molecule has 88 heavy (non-hydrogen) atoms. The predicted octanol–water partition coefficient (Wildman–Crippen LogP) is 7.77. The fraction of sp³-hybridized carbons (Fsp3) is 1.00. The molecule has 0 amide bonds. The quantitative estimate of drug-likeness (QED) is 0.0317. The van der Waals surface area contributed by atoms with E-state index in [1.807, 2.05) is 41.5 Å². The number of rotatable bonds is 68. The van der Waals surface area contributed by atoms with Crippen LogP contribution in [0.3, 0.4) is 0 Å². The van der Waals surface area contributed by atoms with Crippen molar-refractivity contribution in [1.82, 2.24) is 0 Å². The second-order valence-electron chi connectivity index (χ2n) is 22.2. The van der Waals surface area contributed by atoms with Gasteiger partial charge in [-0.2, -0.15) is 0 Å². The van der Waals surface area contributed by atoms with E-state index in [1.54, 1.807) is 0 Å². The Kier molecular flexibility index (Phi) is 79.9. The zero-order valence-electron chi connectivity index (χ0n) is 58.0. The van der Waals surface area contributed by atoms with Crippen LogP contribution in [0.15, 0.2) is 0 Å². The third-order valence-corrected chi connectivity index (χ3v) is 13.0. The van der Waals surface area contributed by atoms with E-state index < -0.39 is 5.41 Å². The number of ether oxygens (including phenoxy) is 16. The molecule has 0 fully saturated rings. The second kappa shape index (κ2) is 75.2. The van der Waals surface area contributed by atoms with Crippen LogP contribution in [-0.2, 0) is 75.8 Å². The van der Waals surface area contributed by atoms with Crippen molar-refractivity contribution in [3.63, 3.8) is 0 Å². The lowest BCUT2D eigenvalue weighted by Crippen LogP contribution is -2.42. The topological polar surface area (TPSA) is 269 Å². The minimum atomic E-state index is -0.436. The summed E-state index contributed by atoms with van der Waals surface area (Å²) in [7, 11) is 0. The Bertz CT molecular complexity index is 1140.